The Morgan fingerprint density at radius 2 is 2.04 bits per heavy atom. The molecule has 0 spiro atoms. The lowest BCUT2D eigenvalue weighted by atomic mass is 9.96. The summed E-state index contributed by atoms with van der Waals surface area (Å²) in [6, 6.07) is 2.39. The highest BCUT2D eigenvalue weighted by atomic mass is 16.6. The zero-order valence-corrected chi connectivity index (χ0v) is 14.2. The minimum absolute atomic E-state index is 0.209. The summed E-state index contributed by atoms with van der Waals surface area (Å²) in [6.45, 7) is 5.31. The summed E-state index contributed by atoms with van der Waals surface area (Å²) >= 11 is 0. The van der Waals surface area contributed by atoms with Gasteiger partial charge in [0.1, 0.15) is 12.1 Å². The van der Waals surface area contributed by atoms with E-state index in [-0.39, 0.29) is 6.09 Å². The minimum Gasteiger partial charge on any atom is -0.450 e. The number of amides is 1. The van der Waals surface area contributed by atoms with Crippen LogP contribution in [0.4, 0.5) is 10.6 Å². The Labute approximate surface area is 142 Å². The average Bonchev–Trinajstić information content (AvgIpc) is 2.63. The molecule has 3 heterocycles. The van der Waals surface area contributed by atoms with Gasteiger partial charge in [0.25, 0.3) is 0 Å². The molecular weight excluding hydrogens is 308 g/mol. The normalized spacial score (nSPS) is 20.0. The van der Waals surface area contributed by atoms with Crippen LogP contribution in [0.3, 0.4) is 0 Å². The van der Waals surface area contributed by atoms with E-state index < -0.39 is 0 Å². The van der Waals surface area contributed by atoms with Gasteiger partial charge in [0.2, 0.25) is 0 Å². The van der Waals surface area contributed by atoms with Gasteiger partial charge in [-0.1, -0.05) is 0 Å². The van der Waals surface area contributed by atoms with E-state index >= 15 is 0 Å². The number of carbonyl (C=O) groups is 1. The quantitative estimate of drug-likeness (QED) is 0.911. The minimum atomic E-state index is -0.209. The van der Waals surface area contributed by atoms with E-state index in [1.165, 1.54) is 0 Å². The van der Waals surface area contributed by atoms with Crippen molar-refractivity contribution in [1.29, 1.82) is 0 Å². The van der Waals surface area contributed by atoms with Gasteiger partial charge in [0.15, 0.2) is 0 Å². The number of anilines is 1. The Morgan fingerprint density at radius 1 is 1.29 bits per heavy atom. The first kappa shape index (κ1) is 17.0. The van der Waals surface area contributed by atoms with Crippen LogP contribution >= 0.6 is 0 Å². The number of ether oxygens (including phenoxy) is 2. The number of carbonyl (C=O) groups excluding carboxylic acids is 1. The highest BCUT2D eigenvalue weighted by Gasteiger charge is 2.24. The molecule has 0 aliphatic carbocycles. The molecule has 0 radical (unpaired) electrons. The third-order valence-corrected chi connectivity index (χ3v) is 4.70. The lowest BCUT2D eigenvalue weighted by Gasteiger charge is -2.32. The lowest BCUT2D eigenvalue weighted by Crippen LogP contribution is -2.42. The molecule has 1 amide bonds. The van der Waals surface area contributed by atoms with E-state index in [1.54, 1.807) is 11.2 Å². The fourth-order valence-corrected chi connectivity index (χ4v) is 3.30. The summed E-state index contributed by atoms with van der Waals surface area (Å²) in [6.07, 6.45) is 5.27. The molecule has 0 saturated carbocycles. The molecule has 2 aliphatic heterocycles. The Hall–Kier alpha value is -1.89. The average molecular weight is 334 g/mol. The summed E-state index contributed by atoms with van der Waals surface area (Å²) in [5.41, 5.74) is 1.10. The van der Waals surface area contributed by atoms with Gasteiger partial charge >= 0.3 is 6.09 Å². The van der Waals surface area contributed by atoms with E-state index in [9.17, 15) is 4.79 Å². The van der Waals surface area contributed by atoms with Crippen molar-refractivity contribution in [3.63, 3.8) is 0 Å². The lowest BCUT2D eigenvalue weighted by molar-refractivity contribution is 0.0845. The van der Waals surface area contributed by atoms with Crippen LogP contribution in [-0.4, -0.2) is 59.9 Å². The molecular formula is C17H26N4O3. The molecule has 24 heavy (non-hydrogen) atoms. The topological polar surface area (TPSA) is 76.6 Å². The molecule has 7 nitrogen and oxygen atoms in total. The number of piperidine rings is 1. The maximum Gasteiger partial charge on any atom is 0.409 e. The smallest absolute Gasteiger partial charge is 0.409 e. The fraction of sp³-hybridized carbons (Fsp3) is 0.706. The molecule has 1 aromatic rings. The van der Waals surface area contributed by atoms with Gasteiger partial charge in [0, 0.05) is 50.0 Å². The van der Waals surface area contributed by atoms with Crippen molar-refractivity contribution >= 4 is 11.9 Å². The molecule has 7 heteroatoms. The van der Waals surface area contributed by atoms with Gasteiger partial charge in [-0.2, -0.15) is 0 Å². The van der Waals surface area contributed by atoms with E-state index in [2.05, 4.69) is 21.4 Å². The first-order valence-corrected chi connectivity index (χ1v) is 8.84. The first-order valence-electron chi connectivity index (χ1n) is 8.84. The van der Waals surface area contributed by atoms with Crippen molar-refractivity contribution < 1.29 is 14.3 Å². The Balaban J connectivity index is 1.52. The van der Waals surface area contributed by atoms with Gasteiger partial charge in [-0.3, -0.25) is 0 Å². The summed E-state index contributed by atoms with van der Waals surface area (Å²) in [4.78, 5) is 22.3. The molecule has 1 aromatic heterocycles. The van der Waals surface area contributed by atoms with Crippen LogP contribution in [0.25, 0.3) is 0 Å². The second-order valence-electron chi connectivity index (χ2n) is 6.32. The number of nitrogens with zero attached hydrogens (tertiary/aromatic N) is 3. The van der Waals surface area contributed by atoms with E-state index in [0.717, 1.165) is 50.4 Å². The number of hydrogen-bond donors (Lipinski definition) is 1. The monoisotopic (exact) mass is 334 g/mol. The van der Waals surface area contributed by atoms with Crippen molar-refractivity contribution in [2.45, 2.75) is 44.6 Å². The number of aromatic nitrogens is 2. The van der Waals surface area contributed by atoms with Gasteiger partial charge in [-0.25, -0.2) is 14.8 Å². The van der Waals surface area contributed by atoms with E-state index in [0.29, 0.717) is 31.7 Å². The third-order valence-electron chi connectivity index (χ3n) is 4.70. The maximum absolute atomic E-state index is 11.7. The van der Waals surface area contributed by atoms with Crippen molar-refractivity contribution in [3.8, 4) is 0 Å². The SMILES string of the molecule is CCOC(=O)N1CCC(Nc2cc(C3CCOCC3)ncn2)CC1. The third kappa shape index (κ3) is 4.35. The van der Waals surface area contributed by atoms with E-state index in [4.69, 9.17) is 9.47 Å². The van der Waals surface area contributed by atoms with Crippen LogP contribution in [0, 0.1) is 0 Å². The van der Waals surface area contributed by atoms with Gasteiger partial charge in [-0.05, 0) is 32.6 Å². The molecule has 2 fully saturated rings. The highest BCUT2D eigenvalue weighted by molar-refractivity contribution is 5.67. The zero-order valence-electron chi connectivity index (χ0n) is 14.2. The molecule has 2 aliphatic rings. The Morgan fingerprint density at radius 3 is 2.75 bits per heavy atom. The molecule has 0 bridgehead atoms. The predicted octanol–water partition coefficient (Wildman–Crippen LogP) is 2.40. The Kier molecular flexibility index (Phi) is 5.85. The standard InChI is InChI=1S/C17H26N4O3/c1-2-24-17(22)21-7-3-14(4-8-21)20-16-11-15(18-12-19-16)13-5-9-23-10-6-13/h11-14H,2-10H2,1H3,(H,18,19,20). The van der Waals surface area contributed by atoms with Crippen LogP contribution in [0.5, 0.6) is 0 Å². The van der Waals surface area contributed by atoms with Gasteiger partial charge in [0.05, 0.1) is 6.61 Å². The summed E-state index contributed by atoms with van der Waals surface area (Å²) in [5.74, 6) is 1.34. The van der Waals surface area contributed by atoms with Crippen LogP contribution in [0.2, 0.25) is 0 Å². The van der Waals surface area contributed by atoms with Crippen LogP contribution in [-0.2, 0) is 9.47 Å². The summed E-state index contributed by atoms with van der Waals surface area (Å²) in [7, 11) is 0. The second-order valence-corrected chi connectivity index (χ2v) is 6.32. The van der Waals surface area contributed by atoms with Gasteiger partial charge < -0.3 is 19.7 Å². The first-order chi connectivity index (χ1) is 11.8. The number of rotatable bonds is 4. The largest absolute Gasteiger partial charge is 0.450 e. The molecule has 3 rings (SSSR count). The van der Waals surface area contributed by atoms with Crippen molar-refractivity contribution in [2.24, 2.45) is 0 Å². The molecule has 0 atom stereocenters. The number of hydrogen-bond acceptors (Lipinski definition) is 6. The highest BCUT2D eigenvalue weighted by Crippen LogP contribution is 2.26. The second kappa shape index (κ2) is 8.28. The van der Waals surface area contributed by atoms with Crippen molar-refractivity contribution in [2.75, 3.05) is 38.2 Å². The van der Waals surface area contributed by atoms with Crippen molar-refractivity contribution in [3.05, 3.63) is 18.1 Å². The Bertz CT molecular complexity index is 540. The van der Waals surface area contributed by atoms with Gasteiger partial charge in [-0.15, -0.1) is 0 Å². The predicted molar refractivity (Wildman–Crippen MR) is 90.1 cm³/mol. The van der Waals surface area contributed by atoms with Crippen LogP contribution < -0.4 is 5.32 Å². The molecule has 2 saturated heterocycles. The molecule has 0 unspecified atom stereocenters. The van der Waals surface area contributed by atoms with Crippen molar-refractivity contribution in [1.82, 2.24) is 14.9 Å². The van der Waals surface area contributed by atoms with E-state index in [1.807, 2.05) is 6.92 Å². The van der Waals surface area contributed by atoms with Crippen LogP contribution in [0.15, 0.2) is 12.4 Å². The zero-order chi connectivity index (χ0) is 16.8. The molecule has 132 valence electrons. The fourth-order valence-electron chi connectivity index (χ4n) is 3.30. The molecule has 1 N–H and O–H groups in total. The van der Waals surface area contributed by atoms with Crippen LogP contribution in [0.1, 0.15) is 44.2 Å². The molecule has 0 aromatic carbocycles. The summed E-state index contributed by atoms with van der Waals surface area (Å²) in [5, 5.41) is 3.49. The number of nitrogens with one attached hydrogen (secondary N) is 1. The summed E-state index contributed by atoms with van der Waals surface area (Å²) < 4.78 is 10.5. The maximum atomic E-state index is 11.7. The number of likely N-dealkylation sites (tertiary alicyclic amines) is 1.